The smallest absolute Gasteiger partial charge is 0.0476 e. The van der Waals surface area contributed by atoms with Gasteiger partial charge in [0, 0.05) is 42.1 Å². The second-order valence-electron chi connectivity index (χ2n) is 4.72. The van der Waals surface area contributed by atoms with Crippen LogP contribution >= 0.6 is 11.8 Å². The fourth-order valence-electron chi connectivity index (χ4n) is 2.21. The number of hydrogen-bond donors (Lipinski definition) is 1. The highest BCUT2D eigenvalue weighted by molar-refractivity contribution is 8.00. The molecule has 4 heteroatoms. The third-order valence-electron chi connectivity index (χ3n) is 3.40. The van der Waals surface area contributed by atoms with E-state index >= 15 is 0 Å². The molecule has 0 radical (unpaired) electrons. The van der Waals surface area contributed by atoms with Gasteiger partial charge in [0.05, 0.1) is 0 Å². The molecule has 2 atom stereocenters. The lowest BCUT2D eigenvalue weighted by Gasteiger charge is -2.29. The van der Waals surface area contributed by atoms with Crippen molar-refractivity contribution in [3.05, 3.63) is 30.1 Å². The van der Waals surface area contributed by atoms with E-state index in [2.05, 4.69) is 24.0 Å². The maximum Gasteiger partial charge on any atom is 0.0476 e. The molecule has 1 aromatic heterocycles. The fourth-order valence-corrected chi connectivity index (χ4v) is 3.80. The summed E-state index contributed by atoms with van der Waals surface area (Å²) in [4.78, 5) is 4.09. The molecule has 1 fully saturated rings. The van der Waals surface area contributed by atoms with Gasteiger partial charge >= 0.3 is 0 Å². The number of nitrogens with two attached hydrogens (primary N) is 1. The van der Waals surface area contributed by atoms with E-state index in [9.17, 15) is 0 Å². The maximum atomic E-state index is 6.29. The Morgan fingerprint density at radius 2 is 2.06 bits per heavy atom. The SMILES string of the molecule is CCC(N)C(SC1CCOCC1)c1ccncc1. The number of thioether (sulfide) groups is 1. The highest BCUT2D eigenvalue weighted by Crippen LogP contribution is 2.38. The van der Waals surface area contributed by atoms with Crippen LogP contribution in [0.4, 0.5) is 0 Å². The zero-order chi connectivity index (χ0) is 12.8. The van der Waals surface area contributed by atoms with Gasteiger partial charge in [-0.2, -0.15) is 0 Å². The standard InChI is InChI=1S/C14H22N2OS/c1-2-13(15)14(11-3-7-16-8-4-11)18-12-5-9-17-10-6-12/h3-4,7-8,12-14H,2,5-6,9-10,15H2,1H3. The summed E-state index contributed by atoms with van der Waals surface area (Å²) in [5, 5.41) is 1.05. The van der Waals surface area contributed by atoms with Crippen molar-refractivity contribution >= 4 is 11.8 Å². The van der Waals surface area contributed by atoms with Crippen LogP contribution in [0.3, 0.4) is 0 Å². The molecule has 1 aromatic rings. The predicted octanol–water partition coefficient (Wildman–Crippen LogP) is 2.77. The van der Waals surface area contributed by atoms with Crippen molar-refractivity contribution in [2.45, 2.75) is 42.7 Å². The normalized spacial score (nSPS) is 20.6. The molecule has 100 valence electrons. The van der Waals surface area contributed by atoms with Crippen molar-refractivity contribution in [3.8, 4) is 0 Å². The van der Waals surface area contributed by atoms with Gasteiger partial charge in [0.2, 0.25) is 0 Å². The van der Waals surface area contributed by atoms with Crippen molar-refractivity contribution in [3.63, 3.8) is 0 Å². The third-order valence-corrected chi connectivity index (χ3v) is 5.17. The van der Waals surface area contributed by atoms with E-state index < -0.39 is 0 Å². The Morgan fingerprint density at radius 3 is 2.67 bits per heavy atom. The van der Waals surface area contributed by atoms with E-state index in [1.807, 2.05) is 24.2 Å². The zero-order valence-electron chi connectivity index (χ0n) is 10.9. The molecule has 1 aliphatic heterocycles. The van der Waals surface area contributed by atoms with Gasteiger partial charge in [-0.3, -0.25) is 4.98 Å². The third kappa shape index (κ3) is 3.70. The minimum absolute atomic E-state index is 0.209. The first-order valence-corrected chi connectivity index (χ1v) is 7.64. The minimum atomic E-state index is 0.209. The largest absolute Gasteiger partial charge is 0.381 e. The molecule has 0 aromatic carbocycles. The molecule has 2 unspecified atom stereocenters. The molecule has 1 aliphatic rings. The van der Waals surface area contributed by atoms with Crippen LogP contribution in [-0.2, 0) is 4.74 Å². The van der Waals surface area contributed by atoms with Gasteiger partial charge in [0.15, 0.2) is 0 Å². The van der Waals surface area contributed by atoms with Crippen molar-refractivity contribution in [2.24, 2.45) is 5.73 Å². The summed E-state index contributed by atoms with van der Waals surface area (Å²) in [5.74, 6) is 0. The predicted molar refractivity (Wildman–Crippen MR) is 76.7 cm³/mol. The number of hydrogen-bond acceptors (Lipinski definition) is 4. The van der Waals surface area contributed by atoms with Crippen molar-refractivity contribution in [1.29, 1.82) is 0 Å². The van der Waals surface area contributed by atoms with Gasteiger partial charge < -0.3 is 10.5 Å². The highest BCUT2D eigenvalue weighted by atomic mass is 32.2. The summed E-state index contributed by atoms with van der Waals surface area (Å²) in [6.07, 6.45) is 7.00. The second-order valence-corrected chi connectivity index (χ2v) is 6.17. The Balaban J connectivity index is 2.05. The molecule has 0 bridgehead atoms. The van der Waals surface area contributed by atoms with Gasteiger partial charge in [0.1, 0.15) is 0 Å². The fraction of sp³-hybridized carbons (Fsp3) is 0.643. The highest BCUT2D eigenvalue weighted by Gasteiger charge is 2.24. The molecule has 2 rings (SSSR count). The maximum absolute atomic E-state index is 6.29. The van der Waals surface area contributed by atoms with E-state index in [0.29, 0.717) is 10.5 Å². The average molecular weight is 266 g/mol. The van der Waals surface area contributed by atoms with Gasteiger partial charge in [-0.1, -0.05) is 6.92 Å². The van der Waals surface area contributed by atoms with Crippen LogP contribution in [0.25, 0.3) is 0 Å². The Morgan fingerprint density at radius 1 is 1.39 bits per heavy atom. The number of rotatable bonds is 5. The summed E-state index contributed by atoms with van der Waals surface area (Å²) < 4.78 is 5.42. The van der Waals surface area contributed by atoms with Crippen molar-refractivity contribution in [1.82, 2.24) is 4.98 Å². The summed E-state index contributed by atoms with van der Waals surface area (Å²) in [5.41, 5.74) is 7.60. The Hall–Kier alpha value is -0.580. The molecule has 0 amide bonds. The molecular formula is C14H22N2OS. The van der Waals surface area contributed by atoms with E-state index in [1.165, 1.54) is 5.56 Å². The van der Waals surface area contributed by atoms with Gasteiger partial charge in [-0.25, -0.2) is 0 Å². The topological polar surface area (TPSA) is 48.1 Å². The Labute approximate surface area is 114 Å². The molecule has 1 saturated heterocycles. The number of ether oxygens (including phenoxy) is 1. The van der Waals surface area contributed by atoms with E-state index in [0.717, 1.165) is 32.5 Å². The molecule has 0 saturated carbocycles. The lowest BCUT2D eigenvalue weighted by molar-refractivity contribution is 0.0999. The Kier molecular flexibility index (Phi) is 5.47. The van der Waals surface area contributed by atoms with Crippen LogP contribution < -0.4 is 5.73 Å². The lowest BCUT2D eigenvalue weighted by Crippen LogP contribution is -2.28. The molecule has 0 spiro atoms. The lowest BCUT2D eigenvalue weighted by atomic mass is 10.1. The summed E-state index contributed by atoms with van der Waals surface area (Å²) >= 11 is 2.02. The number of aromatic nitrogens is 1. The molecule has 0 aliphatic carbocycles. The van der Waals surface area contributed by atoms with Crippen LogP contribution in [-0.4, -0.2) is 29.5 Å². The van der Waals surface area contributed by atoms with Gasteiger partial charge in [0.25, 0.3) is 0 Å². The zero-order valence-corrected chi connectivity index (χ0v) is 11.7. The molecule has 2 N–H and O–H groups in total. The van der Waals surface area contributed by atoms with Crippen LogP contribution in [0.5, 0.6) is 0 Å². The average Bonchev–Trinajstić information content (AvgIpc) is 2.46. The summed E-state index contributed by atoms with van der Waals surface area (Å²) in [7, 11) is 0. The quantitative estimate of drug-likeness (QED) is 0.890. The Bertz CT molecular complexity index is 341. The first-order valence-electron chi connectivity index (χ1n) is 6.70. The van der Waals surface area contributed by atoms with E-state index in [4.69, 9.17) is 10.5 Å². The second kappa shape index (κ2) is 7.12. The van der Waals surface area contributed by atoms with Crippen molar-refractivity contribution < 1.29 is 4.74 Å². The minimum Gasteiger partial charge on any atom is -0.381 e. The summed E-state index contributed by atoms with van der Waals surface area (Å²) in [6, 6.07) is 4.39. The molecule has 3 nitrogen and oxygen atoms in total. The summed E-state index contributed by atoms with van der Waals surface area (Å²) in [6.45, 7) is 3.94. The molecular weight excluding hydrogens is 244 g/mol. The van der Waals surface area contributed by atoms with Gasteiger partial charge in [-0.05, 0) is 37.0 Å². The van der Waals surface area contributed by atoms with Crippen molar-refractivity contribution in [2.75, 3.05) is 13.2 Å². The van der Waals surface area contributed by atoms with Crippen LogP contribution in [0.1, 0.15) is 37.0 Å². The van der Waals surface area contributed by atoms with Crippen LogP contribution in [0.2, 0.25) is 0 Å². The first kappa shape index (κ1) is 13.8. The van der Waals surface area contributed by atoms with Crippen LogP contribution in [0.15, 0.2) is 24.5 Å². The molecule has 2 heterocycles. The van der Waals surface area contributed by atoms with E-state index in [1.54, 1.807) is 0 Å². The van der Waals surface area contributed by atoms with Gasteiger partial charge in [-0.15, -0.1) is 11.8 Å². The van der Waals surface area contributed by atoms with E-state index in [-0.39, 0.29) is 6.04 Å². The monoisotopic (exact) mass is 266 g/mol. The van der Waals surface area contributed by atoms with Crippen LogP contribution in [0, 0.1) is 0 Å². The first-order chi connectivity index (χ1) is 8.81. The number of pyridine rings is 1. The molecule has 18 heavy (non-hydrogen) atoms. The number of nitrogens with zero attached hydrogens (tertiary/aromatic N) is 1.